The van der Waals surface area contributed by atoms with E-state index in [0.29, 0.717) is 17.5 Å². The molecule has 1 unspecified atom stereocenters. The summed E-state index contributed by atoms with van der Waals surface area (Å²) in [6, 6.07) is 6.96. The van der Waals surface area contributed by atoms with Gasteiger partial charge in [-0.25, -0.2) is 0 Å². The van der Waals surface area contributed by atoms with E-state index in [2.05, 4.69) is 37.3 Å². The average Bonchev–Trinajstić information content (AvgIpc) is 2.56. The molecule has 1 amide bonds. The lowest BCUT2D eigenvalue weighted by atomic mass is 9.43. The van der Waals surface area contributed by atoms with Crippen molar-refractivity contribution in [3.8, 4) is 5.75 Å². The summed E-state index contributed by atoms with van der Waals surface area (Å²) in [7, 11) is 1.71. The molecule has 4 nitrogen and oxygen atoms in total. The molecule has 1 aromatic carbocycles. The lowest BCUT2D eigenvalue weighted by Crippen LogP contribution is -2.80. The van der Waals surface area contributed by atoms with Gasteiger partial charge in [0.2, 0.25) is 0 Å². The van der Waals surface area contributed by atoms with Gasteiger partial charge in [0.1, 0.15) is 5.75 Å². The number of hydrogen-bond acceptors (Lipinski definition) is 3. The fourth-order valence-electron chi connectivity index (χ4n) is 5.11. The maximum atomic E-state index is 12.8. The normalized spacial score (nSPS) is 32.7. The smallest absolute Gasteiger partial charge is 0.255 e. The van der Waals surface area contributed by atoms with Gasteiger partial charge in [-0.1, -0.05) is 25.6 Å². The first-order valence-electron chi connectivity index (χ1n) is 8.33. The number of piperidine rings is 1. The van der Waals surface area contributed by atoms with E-state index in [1.54, 1.807) is 13.2 Å². The number of ether oxygens (including phenoxy) is 1. The Labute approximate surface area is 142 Å². The molecule has 0 radical (unpaired) electrons. The van der Waals surface area contributed by atoms with Gasteiger partial charge in [-0.05, 0) is 42.8 Å². The van der Waals surface area contributed by atoms with Crippen LogP contribution < -0.4 is 4.74 Å². The van der Waals surface area contributed by atoms with Gasteiger partial charge >= 0.3 is 0 Å². The minimum atomic E-state index is 0.0302. The highest BCUT2D eigenvalue weighted by molar-refractivity contribution is 5.97. The number of hydrogen-bond donors (Lipinski definition) is 0. The zero-order chi connectivity index (χ0) is 17.1. The highest BCUT2D eigenvalue weighted by atomic mass is 16.5. The van der Waals surface area contributed by atoms with E-state index < -0.39 is 0 Å². The number of aliphatic imine (C=N–C) groups is 1. The SMILES string of the molecule is C=C/C(=C\N=C)C(=O)N1C2C[C@@]3(C)c4cc(OC)ccc4C[C@@H]1[C@H]23. The average molecular weight is 322 g/mol. The van der Waals surface area contributed by atoms with Gasteiger partial charge < -0.3 is 9.64 Å². The van der Waals surface area contributed by atoms with Crippen molar-refractivity contribution >= 4 is 12.6 Å². The monoisotopic (exact) mass is 322 g/mol. The van der Waals surface area contributed by atoms with E-state index in [0.717, 1.165) is 18.6 Å². The third-order valence-electron chi connectivity index (χ3n) is 6.21. The first kappa shape index (κ1) is 15.2. The van der Waals surface area contributed by atoms with E-state index in [1.165, 1.54) is 17.3 Å². The Morgan fingerprint density at radius 3 is 2.92 bits per heavy atom. The van der Waals surface area contributed by atoms with Gasteiger partial charge in [-0.15, -0.1) is 0 Å². The molecule has 124 valence electrons. The fraction of sp³-hybridized carbons (Fsp3) is 0.400. The minimum Gasteiger partial charge on any atom is -0.497 e. The van der Waals surface area contributed by atoms with Crippen LogP contribution in [0.1, 0.15) is 24.5 Å². The van der Waals surface area contributed by atoms with Crippen LogP contribution in [0.3, 0.4) is 0 Å². The van der Waals surface area contributed by atoms with Crippen LogP contribution in [0, 0.1) is 5.92 Å². The van der Waals surface area contributed by atoms with Gasteiger partial charge in [0, 0.05) is 29.6 Å². The van der Waals surface area contributed by atoms with Crippen molar-refractivity contribution in [3.63, 3.8) is 0 Å². The van der Waals surface area contributed by atoms with Crippen LogP contribution >= 0.6 is 0 Å². The van der Waals surface area contributed by atoms with Crippen molar-refractivity contribution in [1.29, 1.82) is 0 Å². The van der Waals surface area contributed by atoms with Gasteiger partial charge in [0.05, 0.1) is 12.7 Å². The van der Waals surface area contributed by atoms with Crippen LogP contribution in [-0.4, -0.2) is 36.7 Å². The molecular formula is C20H22N2O2. The quantitative estimate of drug-likeness (QED) is 0.486. The Bertz CT molecular complexity index is 782. The molecule has 1 saturated carbocycles. The van der Waals surface area contributed by atoms with Gasteiger partial charge in [-0.3, -0.25) is 9.79 Å². The highest BCUT2D eigenvalue weighted by Crippen LogP contribution is 2.64. The van der Waals surface area contributed by atoms with E-state index in [9.17, 15) is 4.79 Å². The Kier molecular flexibility index (Phi) is 3.21. The number of nitrogens with zero attached hydrogens (tertiary/aromatic N) is 2. The number of carbonyl (C=O) groups is 1. The Balaban J connectivity index is 1.68. The first-order valence-corrected chi connectivity index (χ1v) is 8.33. The summed E-state index contributed by atoms with van der Waals surface area (Å²) in [4.78, 5) is 18.6. The third-order valence-corrected chi connectivity index (χ3v) is 6.21. The Hall–Kier alpha value is -2.36. The second kappa shape index (κ2) is 5.07. The highest BCUT2D eigenvalue weighted by Gasteiger charge is 2.69. The van der Waals surface area contributed by atoms with Gasteiger partial charge in [-0.2, -0.15) is 0 Å². The van der Waals surface area contributed by atoms with Gasteiger partial charge in [0.15, 0.2) is 0 Å². The van der Waals surface area contributed by atoms with E-state index in [-0.39, 0.29) is 17.4 Å². The number of carbonyl (C=O) groups excluding carboxylic acids is 1. The predicted octanol–water partition coefficient (Wildman–Crippen LogP) is 2.88. The standard InChI is InChI=1S/C20H22N2O2/c1-5-12(11-21-3)19(23)22-16-8-13-6-7-14(24-4)9-15(13)20(2)10-17(22)18(16)20/h5-7,9,11,16-18H,1,3,8,10H2,2,4H3/b12-11+/t16-,17?,18-,20+/m1/s1. The van der Waals surface area contributed by atoms with Crippen LogP contribution in [-0.2, 0) is 16.6 Å². The third kappa shape index (κ3) is 1.74. The number of amides is 1. The molecular weight excluding hydrogens is 300 g/mol. The van der Waals surface area contributed by atoms with Crippen molar-refractivity contribution in [2.45, 2.75) is 37.3 Å². The van der Waals surface area contributed by atoms with E-state index in [1.807, 2.05) is 11.0 Å². The van der Waals surface area contributed by atoms with Gasteiger partial charge in [0.25, 0.3) is 5.91 Å². The number of benzene rings is 1. The molecule has 0 aromatic heterocycles. The number of methoxy groups -OCH3 is 1. The zero-order valence-electron chi connectivity index (χ0n) is 14.2. The molecule has 3 aliphatic rings. The minimum absolute atomic E-state index is 0.0302. The first-order chi connectivity index (χ1) is 11.5. The maximum absolute atomic E-state index is 12.8. The summed E-state index contributed by atoms with van der Waals surface area (Å²) in [5.74, 6) is 1.49. The van der Waals surface area contributed by atoms with E-state index in [4.69, 9.17) is 4.74 Å². The molecule has 0 N–H and O–H groups in total. The van der Waals surface area contributed by atoms with Crippen LogP contribution in [0.5, 0.6) is 5.75 Å². The molecule has 1 aromatic rings. The molecule has 1 saturated heterocycles. The summed E-state index contributed by atoms with van der Waals surface area (Å²) >= 11 is 0. The van der Waals surface area contributed by atoms with Crippen molar-refractivity contribution in [2.24, 2.45) is 10.9 Å². The number of fused-ring (bicyclic) bond motifs is 2. The number of likely N-dealkylation sites (tertiary alicyclic amines) is 1. The molecule has 4 atom stereocenters. The van der Waals surface area contributed by atoms with E-state index >= 15 is 0 Å². The summed E-state index contributed by atoms with van der Waals surface area (Å²) in [5, 5.41) is 0. The molecule has 1 aliphatic heterocycles. The zero-order valence-corrected chi connectivity index (χ0v) is 14.2. The number of rotatable bonds is 4. The predicted molar refractivity (Wildman–Crippen MR) is 94.4 cm³/mol. The van der Waals surface area contributed by atoms with Crippen molar-refractivity contribution < 1.29 is 9.53 Å². The molecule has 4 rings (SSSR count). The molecule has 2 fully saturated rings. The molecule has 2 aliphatic carbocycles. The molecule has 1 heterocycles. The summed E-state index contributed by atoms with van der Waals surface area (Å²) in [6.07, 6.45) is 4.99. The molecule has 0 spiro atoms. The summed E-state index contributed by atoms with van der Waals surface area (Å²) in [6.45, 7) is 9.51. The maximum Gasteiger partial charge on any atom is 0.255 e. The van der Waals surface area contributed by atoms with Crippen LogP contribution in [0.4, 0.5) is 0 Å². The van der Waals surface area contributed by atoms with Crippen molar-refractivity contribution in [2.75, 3.05) is 7.11 Å². The summed E-state index contributed by atoms with van der Waals surface area (Å²) in [5.41, 5.74) is 3.42. The topological polar surface area (TPSA) is 41.9 Å². The Morgan fingerprint density at radius 1 is 1.46 bits per heavy atom. The van der Waals surface area contributed by atoms with Crippen molar-refractivity contribution in [3.05, 3.63) is 53.8 Å². The molecule has 4 heteroatoms. The van der Waals surface area contributed by atoms with Crippen LogP contribution in [0.25, 0.3) is 0 Å². The molecule has 0 bridgehead atoms. The van der Waals surface area contributed by atoms with Crippen LogP contribution in [0.15, 0.2) is 47.6 Å². The second-order valence-electron chi connectivity index (χ2n) is 7.19. The second-order valence-corrected chi connectivity index (χ2v) is 7.19. The lowest BCUT2D eigenvalue weighted by Gasteiger charge is -2.72. The Morgan fingerprint density at radius 2 is 2.25 bits per heavy atom. The molecule has 24 heavy (non-hydrogen) atoms. The largest absolute Gasteiger partial charge is 0.497 e. The lowest BCUT2D eigenvalue weighted by molar-refractivity contribution is -0.190. The van der Waals surface area contributed by atoms with Crippen molar-refractivity contribution in [1.82, 2.24) is 4.90 Å². The van der Waals surface area contributed by atoms with Crippen LogP contribution in [0.2, 0.25) is 0 Å². The summed E-state index contributed by atoms with van der Waals surface area (Å²) < 4.78 is 5.40. The fourth-order valence-corrected chi connectivity index (χ4v) is 5.11.